The van der Waals surface area contributed by atoms with Crippen molar-refractivity contribution in [1.82, 2.24) is 8.61 Å². The van der Waals surface area contributed by atoms with Gasteiger partial charge in [-0.15, -0.1) is 0 Å². The molecule has 2 aliphatic rings. The van der Waals surface area contributed by atoms with Crippen molar-refractivity contribution < 1.29 is 17.9 Å². The molecule has 6 nitrogen and oxygen atoms in total. The average molecular weight is 304 g/mol. The zero-order chi connectivity index (χ0) is 14.8. The number of nitrogens with zero attached hydrogens (tertiary/aromatic N) is 2. The summed E-state index contributed by atoms with van der Waals surface area (Å²) >= 11 is 0. The largest absolute Gasteiger partial charge is 0.469 e. The molecule has 0 saturated carbocycles. The minimum atomic E-state index is -3.43. The summed E-state index contributed by atoms with van der Waals surface area (Å²) in [4.78, 5) is 11.6. The minimum absolute atomic E-state index is 0.250. The van der Waals surface area contributed by atoms with Crippen LogP contribution in [0.15, 0.2) is 0 Å². The zero-order valence-electron chi connectivity index (χ0n) is 12.2. The maximum atomic E-state index is 12.6. The molecule has 2 heterocycles. The Balaban J connectivity index is 2.06. The molecule has 2 saturated heterocycles. The number of piperidine rings is 2. The second-order valence-electron chi connectivity index (χ2n) is 5.83. The second-order valence-corrected chi connectivity index (χ2v) is 7.76. The first-order chi connectivity index (χ1) is 9.45. The summed E-state index contributed by atoms with van der Waals surface area (Å²) in [5, 5.41) is 0. The smallest absolute Gasteiger partial charge is 0.309 e. The molecule has 0 N–H and O–H groups in total. The molecule has 0 aliphatic carbocycles. The lowest BCUT2D eigenvalue weighted by atomic mass is 10.0. The van der Waals surface area contributed by atoms with Crippen molar-refractivity contribution in [3.05, 3.63) is 0 Å². The van der Waals surface area contributed by atoms with Crippen LogP contribution in [0.3, 0.4) is 0 Å². The Bertz CT molecular complexity index is 451. The van der Waals surface area contributed by atoms with Crippen molar-refractivity contribution in [2.45, 2.75) is 32.6 Å². The molecule has 0 amide bonds. The van der Waals surface area contributed by atoms with Crippen molar-refractivity contribution in [2.75, 3.05) is 33.3 Å². The number of ether oxygens (including phenoxy) is 1. The van der Waals surface area contributed by atoms with Gasteiger partial charge in [0.15, 0.2) is 0 Å². The first kappa shape index (κ1) is 15.7. The first-order valence-corrected chi connectivity index (χ1v) is 8.68. The second kappa shape index (κ2) is 6.41. The molecule has 20 heavy (non-hydrogen) atoms. The first-order valence-electron chi connectivity index (χ1n) is 7.28. The van der Waals surface area contributed by atoms with E-state index in [1.807, 2.05) is 0 Å². The third-order valence-corrected chi connectivity index (χ3v) is 6.16. The topological polar surface area (TPSA) is 66.9 Å². The monoisotopic (exact) mass is 304 g/mol. The van der Waals surface area contributed by atoms with Crippen molar-refractivity contribution in [1.29, 1.82) is 0 Å². The predicted molar refractivity (Wildman–Crippen MR) is 75.2 cm³/mol. The summed E-state index contributed by atoms with van der Waals surface area (Å²) in [6.45, 7) is 4.00. The van der Waals surface area contributed by atoms with E-state index in [1.165, 1.54) is 11.4 Å². The van der Waals surface area contributed by atoms with Gasteiger partial charge in [0, 0.05) is 26.2 Å². The quantitative estimate of drug-likeness (QED) is 0.725. The summed E-state index contributed by atoms with van der Waals surface area (Å²) in [5.74, 6) is -0.234. The van der Waals surface area contributed by atoms with E-state index < -0.39 is 10.2 Å². The normalized spacial score (nSPS) is 30.1. The summed E-state index contributed by atoms with van der Waals surface area (Å²) in [5.41, 5.74) is 0. The Morgan fingerprint density at radius 1 is 1.10 bits per heavy atom. The number of hydrogen-bond donors (Lipinski definition) is 0. The standard InChI is InChI=1S/C13H24N2O4S/c1-11-5-3-7-14(9-11)20(17,18)15-8-4-6-12(10-15)13(16)19-2/h11-12H,3-10H2,1-2H3/t11?,12-/m0/s1. The fourth-order valence-corrected chi connectivity index (χ4v) is 4.89. The lowest BCUT2D eigenvalue weighted by Crippen LogP contribution is -2.51. The zero-order valence-corrected chi connectivity index (χ0v) is 13.1. The number of methoxy groups -OCH3 is 1. The Morgan fingerprint density at radius 3 is 2.30 bits per heavy atom. The van der Waals surface area contributed by atoms with Crippen molar-refractivity contribution in [3.63, 3.8) is 0 Å². The molecule has 0 spiro atoms. The molecule has 2 aliphatic heterocycles. The number of carbonyl (C=O) groups is 1. The highest BCUT2D eigenvalue weighted by Crippen LogP contribution is 2.25. The van der Waals surface area contributed by atoms with Gasteiger partial charge in [-0.05, 0) is 31.6 Å². The van der Waals surface area contributed by atoms with Crippen LogP contribution in [0.2, 0.25) is 0 Å². The third-order valence-electron chi connectivity index (χ3n) is 4.19. The van der Waals surface area contributed by atoms with E-state index in [0.717, 1.165) is 12.8 Å². The fraction of sp³-hybridized carbons (Fsp3) is 0.923. The van der Waals surface area contributed by atoms with Crippen LogP contribution >= 0.6 is 0 Å². The molecular weight excluding hydrogens is 280 g/mol. The van der Waals surface area contributed by atoms with E-state index in [-0.39, 0.29) is 18.4 Å². The number of carbonyl (C=O) groups excluding carboxylic acids is 1. The van der Waals surface area contributed by atoms with Crippen LogP contribution in [0, 0.1) is 11.8 Å². The highest BCUT2D eigenvalue weighted by Gasteiger charge is 2.37. The highest BCUT2D eigenvalue weighted by molar-refractivity contribution is 7.86. The summed E-state index contributed by atoms with van der Waals surface area (Å²) in [6, 6.07) is 0. The Morgan fingerprint density at radius 2 is 1.70 bits per heavy atom. The van der Waals surface area contributed by atoms with Crippen LogP contribution in [-0.2, 0) is 19.7 Å². The lowest BCUT2D eigenvalue weighted by Gasteiger charge is -2.37. The van der Waals surface area contributed by atoms with Gasteiger partial charge in [0.25, 0.3) is 10.2 Å². The van der Waals surface area contributed by atoms with Gasteiger partial charge in [0.05, 0.1) is 13.0 Å². The van der Waals surface area contributed by atoms with Gasteiger partial charge in [-0.25, -0.2) is 0 Å². The van der Waals surface area contributed by atoms with Crippen LogP contribution < -0.4 is 0 Å². The molecule has 7 heteroatoms. The molecule has 0 bridgehead atoms. The maximum absolute atomic E-state index is 12.6. The van der Waals surface area contributed by atoms with Gasteiger partial charge in [0.2, 0.25) is 0 Å². The SMILES string of the molecule is COC(=O)[C@H]1CCCN(S(=O)(=O)N2CCCC(C)C2)C1. The van der Waals surface area contributed by atoms with Crippen molar-refractivity contribution in [3.8, 4) is 0 Å². The summed E-state index contributed by atoms with van der Waals surface area (Å²) in [7, 11) is -2.08. The van der Waals surface area contributed by atoms with E-state index in [0.29, 0.717) is 38.4 Å². The van der Waals surface area contributed by atoms with Crippen LogP contribution in [0.5, 0.6) is 0 Å². The summed E-state index contributed by atoms with van der Waals surface area (Å²) in [6.07, 6.45) is 3.41. The summed E-state index contributed by atoms with van der Waals surface area (Å²) < 4.78 is 33.0. The molecule has 2 rings (SSSR count). The number of rotatable bonds is 3. The van der Waals surface area contributed by atoms with Crippen molar-refractivity contribution >= 4 is 16.2 Å². The molecule has 1 unspecified atom stereocenters. The Hall–Kier alpha value is -0.660. The minimum Gasteiger partial charge on any atom is -0.469 e. The van der Waals surface area contributed by atoms with Crippen LogP contribution in [-0.4, -0.2) is 56.3 Å². The van der Waals surface area contributed by atoms with Crippen molar-refractivity contribution in [2.24, 2.45) is 11.8 Å². The van der Waals surface area contributed by atoms with Gasteiger partial charge in [-0.2, -0.15) is 17.0 Å². The van der Waals surface area contributed by atoms with Crippen LogP contribution in [0.4, 0.5) is 0 Å². The van der Waals surface area contributed by atoms with E-state index in [2.05, 4.69) is 6.92 Å². The molecule has 0 radical (unpaired) electrons. The van der Waals surface area contributed by atoms with Gasteiger partial charge in [-0.1, -0.05) is 6.92 Å². The third kappa shape index (κ3) is 3.32. The molecule has 2 fully saturated rings. The molecule has 0 aromatic carbocycles. The van der Waals surface area contributed by atoms with E-state index in [4.69, 9.17) is 4.74 Å². The average Bonchev–Trinajstić information content (AvgIpc) is 2.46. The van der Waals surface area contributed by atoms with Gasteiger partial charge in [0.1, 0.15) is 0 Å². The molecule has 116 valence electrons. The molecule has 0 aromatic rings. The van der Waals surface area contributed by atoms with E-state index in [9.17, 15) is 13.2 Å². The number of hydrogen-bond acceptors (Lipinski definition) is 4. The Kier molecular flexibility index (Phi) is 5.04. The van der Waals surface area contributed by atoms with Crippen LogP contribution in [0.25, 0.3) is 0 Å². The fourth-order valence-electron chi connectivity index (χ4n) is 3.03. The lowest BCUT2D eigenvalue weighted by molar-refractivity contribution is -0.146. The highest BCUT2D eigenvalue weighted by atomic mass is 32.2. The number of esters is 1. The molecule has 0 aromatic heterocycles. The Labute approximate surface area is 121 Å². The molecule has 2 atom stereocenters. The van der Waals surface area contributed by atoms with Gasteiger partial charge < -0.3 is 4.74 Å². The van der Waals surface area contributed by atoms with Crippen LogP contribution in [0.1, 0.15) is 32.6 Å². The predicted octanol–water partition coefficient (Wildman–Crippen LogP) is 0.848. The maximum Gasteiger partial charge on any atom is 0.309 e. The van der Waals surface area contributed by atoms with E-state index in [1.54, 1.807) is 4.31 Å². The van der Waals surface area contributed by atoms with Gasteiger partial charge in [-0.3, -0.25) is 4.79 Å². The van der Waals surface area contributed by atoms with Gasteiger partial charge >= 0.3 is 5.97 Å². The molecular formula is C13H24N2O4S. The van der Waals surface area contributed by atoms with E-state index >= 15 is 0 Å².